The molecule has 2 atom stereocenters. The average Bonchev–Trinajstić information content (AvgIpc) is 3.45. The van der Waals surface area contributed by atoms with Gasteiger partial charge in [-0.25, -0.2) is 4.39 Å². The van der Waals surface area contributed by atoms with Gasteiger partial charge < -0.3 is 9.64 Å². The number of hydrogen-bond donors (Lipinski definition) is 0. The third-order valence-corrected chi connectivity index (χ3v) is 7.43. The van der Waals surface area contributed by atoms with Crippen LogP contribution in [0.5, 0.6) is 0 Å². The highest BCUT2D eigenvalue weighted by atomic mass is 19.1. The Labute approximate surface area is 184 Å². The molecule has 1 aliphatic carbocycles. The maximum atomic E-state index is 14.4. The van der Waals surface area contributed by atoms with Gasteiger partial charge in [-0.2, -0.15) is 0 Å². The Balaban J connectivity index is 1.39. The van der Waals surface area contributed by atoms with Gasteiger partial charge in [-0.15, -0.1) is 0 Å². The van der Waals surface area contributed by atoms with Crippen LogP contribution in [-0.4, -0.2) is 60.4 Å². The summed E-state index contributed by atoms with van der Waals surface area (Å²) in [5, 5.41) is 0. The number of ether oxygens (including phenoxy) is 1. The smallest absolute Gasteiger partial charge is 0.226 e. The summed E-state index contributed by atoms with van der Waals surface area (Å²) >= 11 is 0. The van der Waals surface area contributed by atoms with Gasteiger partial charge in [0.1, 0.15) is 11.6 Å². The molecule has 6 heteroatoms. The Bertz CT molecular complexity index is 815. The highest BCUT2D eigenvalue weighted by Crippen LogP contribution is 2.28. The normalized spacial score (nSPS) is 25.3. The Morgan fingerprint density at radius 1 is 1.10 bits per heavy atom. The molecule has 1 amide bonds. The summed E-state index contributed by atoms with van der Waals surface area (Å²) < 4.78 is 19.7. The molecule has 1 unspecified atom stereocenters. The van der Waals surface area contributed by atoms with Crippen LogP contribution < -0.4 is 0 Å². The van der Waals surface area contributed by atoms with Crippen LogP contribution in [0.4, 0.5) is 4.39 Å². The van der Waals surface area contributed by atoms with Crippen molar-refractivity contribution in [1.82, 2.24) is 9.80 Å². The van der Waals surface area contributed by atoms with Gasteiger partial charge in [-0.1, -0.05) is 12.8 Å². The van der Waals surface area contributed by atoms with E-state index in [4.69, 9.17) is 4.74 Å². The molecule has 2 saturated heterocycles. The van der Waals surface area contributed by atoms with E-state index in [2.05, 4.69) is 16.7 Å². The lowest BCUT2D eigenvalue weighted by Crippen LogP contribution is -2.54. The van der Waals surface area contributed by atoms with Crippen molar-refractivity contribution < 1.29 is 18.7 Å². The van der Waals surface area contributed by atoms with Crippen LogP contribution in [0.2, 0.25) is 0 Å². The summed E-state index contributed by atoms with van der Waals surface area (Å²) in [6, 6.07) is 3.27. The minimum Gasteiger partial charge on any atom is -0.381 e. The van der Waals surface area contributed by atoms with Crippen LogP contribution >= 0.6 is 0 Å². The first-order valence-electron chi connectivity index (χ1n) is 11.8. The van der Waals surface area contributed by atoms with Gasteiger partial charge in [-0.05, 0) is 61.9 Å². The molecule has 2 heterocycles. The van der Waals surface area contributed by atoms with E-state index in [9.17, 15) is 14.0 Å². The lowest BCUT2D eigenvalue weighted by molar-refractivity contribution is -0.140. The Morgan fingerprint density at radius 2 is 1.84 bits per heavy atom. The molecule has 2 aliphatic heterocycles. The molecule has 0 spiro atoms. The first-order valence-corrected chi connectivity index (χ1v) is 11.8. The molecule has 0 radical (unpaired) electrons. The largest absolute Gasteiger partial charge is 0.381 e. The highest BCUT2D eigenvalue weighted by Gasteiger charge is 2.33. The molecule has 3 fully saturated rings. The summed E-state index contributed by atoms with van der Waals surface area (Å²) in [5.41, 5.74) is 2.73. The number of benzene rings is 1. The van der Waals surface area contributed by atoms with Crippen LogP contribution in [0.3, 0.4) is 0 Å². The van der Waals surface area contributed by atoms with Crippen molar-refractivity contribution >= 4 is 11.7 Å². The highest BCUT2D eigenvalue weighted by molar-refractivity contribution is 5.84. The second-order valence-electron chi connectivity index (χ2n) is 9.65. The fourth-order valence-electron chi connectivity index (χ4n) is 5.42. The third-order valence-electron chi connectivity index (χ3n) is 7.43. The predicted octanol–water partition coefficient (Wildman–Crippen LogP) is 3.51. The van der Waals surface area contributed by atoms with Crippen molar-refractivity contribution in [2.75, 3.05) is 32.8 Å². The number of Topliss-reactive ketones (excluding diaryl/α,β-unsaturated/α-hetero) is 1. The lowest BCUT2D eigenvalue weighted by atomic mass is 9.92. The topological polar surface area (TPSA) is 49.9 Å². The van der Waals surface area contributed by atoms with E-state index >= 15 is 0 Å². The first kappa shape index (κ1) is 22.4. The van der Waals surface area contributed by atoms with Crippen molar-refractivity contribution in [1.29, 1.82) is 0 Å². The monoisotopic (exact) mass is 430 g/mol. The number of piperazine rings is 1. The van der Waals surface area contributed by atoms with Gasteiger partial charge in [-0.3, -0.25) is 14.5 Å². The first-order chi connectivity index (χ1) is 14.9. The molecular formula is C25H35FN2O3. The van der Waals surface area contributed by atoms with E-state index in [1.807, 2.05) is 6.92 Å². The summed E-state index contributed by atoms with van der Waals surface area (Å²) in [5.74, 6) is 0.338. The number of ketones is 1. The zero-order chi connectivity index (χ0) is 22.0. The SMILES string of the molecule is Cc1c(CC(=O)C2CCOC2)cc(F)cc1CN1CCN(C(=O)C2CCCC2)[C@@H](C)C1. The number of nitrogens with zero attached hydrogens (tertiary/aromatic N) is 2. The van der Waals surface area contributed by atoms with Gasteiger partial charge in [0.25, 0.3) is 0 Å². The molecule has 4 rings (SSSR count). The maximum absolute atomic E-state index is 14.4. The van der Waals surface area contributed by atoms with Crippen molar-refractivity contribution in [3.63, 3.8) is 0 Å². The minimum atomic E-state index is -0.283. The number of rotatable bonds is 6. The van der Waals surface area contributed by atoms with E-state index in [0.29, 0.717) is 25.7 Å². The zero-order valence-electron chi connectivity index (χ0n) is 18.9. The van der Waals surface area contributed by atoms with E-state index in [0.717, 1.165) is 55.6 Å². The van der Waals surface area contributed by atoms with E-state index in [1.165, 1.54) is 18.9 Å². The fraction of sp³-hybridized carbons (Fsp3) is 0.680. The quantitative estimate of drug-likeness (QED) is 0.693. The van der Waals surface area contributed by atoms with Crippen LogP contribution in [0.25, 0.3) is 0 Å². The van der Waals surface area contributed by atoms with Crippen molar-refractivity contribution in [3.8, 4) is 0 Å². The Morgan fingerprint density at radius 3 is 2.52 bits per heavy atom. The third kappa shape index (κ3) is 5.17. The predicted molar refractivity (Wildman–Crippen MR) is 117 cm³/mol. The number of carbonyl (C=O) groups excluding carboxylic acids is 2. The molecule has 1 saturated carbocycles. The van der Waals surface area contributed by atoms with Gasteiger partial charge in [0.15, 0.2) is 0 Å². The van der Waals surface area contributed by atoms with Gasteiger partial charge in [0.2, 0.25) is 5.91 Å². The Kier molecular flexibility index (Phi) is 7.07. The van der Waals surface area contributed by atoms with Crippen LogP contribution in [0.1, 0.15) is 55.7 Å². The molecular weight excluding hydrogens is 395 g/mol. The van der Waals surface area contributed by atoms with Crippen molar-refractivity contribution in [2.24, 2.45) is 11.8 Å². The number of carbonyl (C=O) groups is 2. The lowest BCUT2D eigenvalue weighted by Gasteiger charge is -2.41. The maximum Gasteiger partial charge on any atom is 0.226 e. The molecule has 31 heavy (non-hydrogen) atoms. The standard InChI is InChI=1S/C25H35FN2O3/c1-17-14-27(8-9-28(17)25(30)19-5-3-4-6-19)15-22-12-23(26)11-21(18(22)2)13-24(29)20-7-10-31-16-20/h11-12,17,19-20H,3-10,13-16H2,1-2H3/t17-,20?/m0/s1. The van der Waals surface area contributed by atoms with E-state index < -0.39 is 0 Å². The van der Waals surface area contributed by atoms with Gasteiger partial charge in [0, 0.05) is 57.1 Å². The summed E-state index contributed by atoms with van der Waals surface area (Å²) in [6.07, 6.45) is 5.43. The van der Waals surface area contributed by atoms with Gasteiger partial charge in [0.05, 0.1) is 6.61 Å². The summed E-state index contributed by atoms with van der Waals surface area (Å²) in [6.45, 7) is 8.20. The molecule has 5 nitrogen and oxygen atoms in total. The fourth-order valence-corrected chi connectivity index (χ4v) is 5.42. The van der Waals surface area contributed by atoms with Crippen LogP contribution in [0, 0.1) is 24.6 Å². The van der Waals surface area contributed by atoms with Crippen molar-refractivity contribution in [2.45, 2.75) is 65.0 Å². The molecule has 1 aromatic carbocycles. The van der Waals surface area contributed by atoms with Crippen LogP contribution in [-0.2, 0) is 27.3 Å². The second-order valence-corrected chi connectivity index (χ2v) is 9.65. The van der Waals surface area contributed by atoms with Crippen LogP contribution in [0.15, 0.2) is 12.1 Å². The van der Waals surface area contributed by atoms with E-state index in [1.54, 1.807) is 6.07 Å². The molecule has 170 valence electrons. The summed E-state index contributed by atoms with van der Waals surface area (Å²) in [4.78, 5) is 29.8. The number of amides is 1. The average molecular weight is 431 g/mol. The second kappa shape index (κ2) is 9.78. The molecule has 1 aromatic rings. The van der Waals surface area contributed by atoms with E-state index in [-0.39, 0.29) is 35.9 Å². The number of hydrogen-bond acceptors (Lipinski definition) is 4. The molecule has 0 aromatic heterocycles. The van der Waals surface area contributed by atoms with Crippen molar-refractivity contribution in [3.05, 3.63) is 34.6 Å². The zero-order valence-corrected chi connectivity index (χ0v) is 18.9. The number of halogens is 1. The Hall–Kier alpha value is -1.79. The summed E-state index contributed by atoms with van der Waals surface area (Å²) in [7, 11) is 0. The van der Waals surface area contributed by atoms with Gasteiger partial charge >= 0.3 is 0 Å². The molecule has 0 N–H and O–H groups in total. The minimum absolute atomic E-state index is 0.0579. The molecule has 0 bridgehead atoms. The molecule has 3 aliphatic rings.